The summed E-state index contributed by atoms with van der Waals surface area (Å²) in [5.41, 5.74) is 2.16. The minimum Gasteiger partial charge on any atom is -0.508 e. The third-order valence-electron chi connectivity index (χ3n) is 6.54. The second-order valence-electron chi connectivity index (χ2n) is 8.69. The van der Waals surface area contributed by atoms with Gasteiger partial charge < -0.3 is 9.67 Å². The number of aromatic hydroxyl groups is 1. The van der Waals surface area contributed by atoms with E-state index in [-0.39, 0.29) is 11.4 Å². The first-order valence-electron chi connectivity index (χ1n) is 10.1. The molecule has 4 atom stereocenters. The highest BCUT2D eigenvalue weighted by molar-refractivity contribution is 7.82. The molecule has 2 aliphatic rings. The van der Waals surface area contributed by atoms with E-state index in [1.54, 1.807) is 12.1 Å². The molecule has 27 heavy (non-hydrogen) atoms. The predicted octanol–water partition coefficient (Wildman–Crippen LogP) is 6.35. The van der Waals surface area contributed by atoms with Gasteiger partial charge in [-0.3, -0.25) is 0 Å². The van der Waals surface area contributed by atoms with E-state index in [0.29, 0.717) is 17.8 Å². The van der Waals surface area contributed by atoms with Crippen LogP contribution < -0.4 is 5.30 Å². The van der Waals surface area contributed by atoms with Crippen LogP contribution >= 0.6 is 7.14 Å². The maximum absolute atomic E-state index is 14.9. The molecule has 0 aromatic heterocycles. The van der Waals surface area contributed by atoms with Crippen molar-refractivity contribution in [1.29, 1.82) is 0 Å². The number of phenols is 1. The lowest BCUT2D eigenvalue weighted by Gasteiger charge is -2.41. The summed E-state index contributed by atoms with van der Waals surface area (Å²) >= 11 is 0. The summed E-state index contributed by atoms with van der Waals surface area (Å²) in [6.07, 6.45) is 5.47. The van der Waals surface area contributed by atoms with Gasteiger partial charge in [0.2, 0.25) is 0 Å². The van der Waals surface area contributed by atoms with E-state index < -0.39 is 7.14 Å². The van der Waals surface area contributed by atoms with Gasteiger partial charge in [-0.2, -0.15) is 0 Å². The fraction of sp³-hybridized carbons (Fsp3) is 0.417. The molecule has 2 aromatic carbocycles. The molecule has 0 spiro atoms. The van der Waals surface area contributed by atoms with E-state index in [9.17, 15) is 9.67 Å². The first-order valence-corrected chi connectivity index (χ1v) is 11.9. The fourth-order valence-electron chi connectivity index (χ4n) is 5.14. The zero-order chi connectivity index (χ0) is 19.2. The molecule has 1 fully saturated rings. The predicted molar refractivity (Wildman–Crippen MR) is 115 cm³/mol. The van der Waals surface area contributed by atoms with Crippen molar-refractivity contribution in [2.75, 3.05) is 0 Å². The molecule has 4 rings (SSSR count). The van der Waals surface area contributed by atoms with Crippen molar-refractivity contribution in [2.24, 2.45) is 17.8 Å². The lowest BCUT2D eigenvalue weighted by molar-refractivity contribution is 0.238. The first-order chi connectivity index (χ1) is 12.9. The Morgan fingerprint density at radius 2 is 1.81 bits per heavy atom. The molecule has 142 valence electrons. The Labute approximate surface area is 162 Å². The molecule has 1 N–H and O–H groups in total. The van der Waals surface area contributed by atoms with Crippen molar-refractivity contribution in [2.45, 2.75) is 45.7 Å². The molecule has 0 radical (unpaired) electrons. The Balaban J connectivity index is 1.91. The van der Waals surface area contributed by atoms with Gasteiger partial charge in [0.1, 0.15) is 12.9 Å². The van der Waals surface area contributed by atoms with Gasteiger partial charge in [0.05, 0.1) is 0 Å². The molecule has 0 amide bonds. The number of fused-ring (bicyclic) bond motifs is 1. The normalized spacial score (nSPS) is 30.2. The molecule has 0 saturated heterocycles. The number of phenolic OH excluding ortho intramolecular Hbond substituents is 1. The van der Waals surface area contributed by atoms with Crippen molar-refractivity contribution in [3.05, 3.63) is 59.7 Å². The number of hydrogen-bond donors (Lipinski definition) is 1. The SMILES string of the molecule is CC1CCC(C(C)C)C(P2(=O)C(c3ccccc3)=Cc3cc(O)ccc32)C1. The summed E-state index contributed by atoms with van der Waals surface area (Å²) in [7, 11) is -2.78. The molecule has 0 bridgehead atoms. The maximum Gasteiger partial charge on any atom is 0.147 e. The monoisotopic (exact) mass is 380 g/mol. The molecule has 4 unspecified atom stereocenters. The second-order valence-corrected chi connectivity index (χ2v) is 11.6. The Kier molecular flexibility index (Phi) is 4.80. The van der Waals surface area contributed by atoms with Crippen LogP contribution in [0.2, 0.25) is 0 Å². The van der Waals surface area contributed by atoms with Crippen molar-refractivity contribution < 1.29 is 9.67 Å². The molecule has 2 nitrogen and oxygen atoms in total. The van der Waals surface area contributed by atoms with Crippen LogP contribution in [-0.2, 0) is 4.57 Å². The fourth-order valence-corrected chi connectivity index (χ4v) is 9.48. The molecule has 1 aliphatic heterocycles. The van der Waals surface area contributed by atoms with Gasteiger partial charge in [-0.25, -0.2) is 0 Å². The third kappa shape index (κ3) is 3.09. The highest BCUT2D eigenvalue weighted by Crippen LogP contribution is 2.70. The van der Waals surface area contributed by atoms with Crippen LogP contribution in [-0.4, -0.2) is 10.8 Å². The molecule has 1 heterocycles. The summed E-state index contributed by atoms with van der Waals surface area (Å²) < 4.78 is 14.9. The lowest BCUT2D eigenvalue weighted by Crippen LogP contribution is -2.34. The molecule has 1 saturated carbocycles. The van der Waals surface area contributed by atoms with E-state index >= 15 is 0 Å². The largest absolute Gasteiger partial charge is 0.508 e. The Morgan fingerprint density at radius 1 is 1.07 bits per heavy atom. The summed E-state index contributed by atoms with van der Waals surface area (Å²) in [5.74, 6) is 1.84. The van der Waals surface area contributed by atoms with E-state index in [4.69, 9.17) is 0 Å². The second kappa shape index (κ2) is 6.99. The standard InChI is InChI=1S/C24H29O2P/c1-16(2)21-11-9-17(3)13-24(21)27(26)22-12-10-20(25)14-19(22)15-23(27)18-7-5-4-6-8-18/h4-8,10,12,14-17,21,24-25H,9,11,13H2,1-3H3. The summed E-state index contributed by atoms with van der Waals surface area (Å²) in [5, 5.41) is 11.9. The maximum atomic E-state index is 14.9. The summed E-state index contributed by atoms with van der Waals surface area (Å²) in [4.78, 5) is 0. The van der Waals surface area contributed by atoms with E-state index in [1.807, 2.05) is 24.3 Å². The minimum absolute atomic E-state index is 0.179. The van der Waals surface area contributed by atoms with Crippen molar-refractivity contribution in [1.82, 2.24) is 0 Å². The van der Waals surface area contributed by atoms with E-state index in [1.165, 1.54) is 6.42 Å². The zero-order valence-electron chi connectivity index (χ0n) is 16.4. The lowest BCUT2D eigenvalue weighted by atomic mass is 9.77. The van der Waals surface area contributed by atoms with Crippen molar-refractivity contribution >= 4 is 23.8 Å². The van der Waals surface area contributed by atoms with Crippen LogP contribution in [0, 0.1) is 17.8 Å². The van der Waals surface area contributed by atoms with Gasteiger partial charge in [-0.05, 0) is 66.0 Å². The molecule has 3 heteroatoms. The van der Waals surface area contributed by atoms with Crippen LogP contribution in [0.1, 0.15) is 51.2 Å². The van der Waals surface area contributed by atoms with Crippen molar-refractivity contribution in [3.8, 4) is 5.75 Å². The molecular weight excluding hydrogens is 351 g/mol. The van der Waals surface area contributed by atoms with Crippen LogP contribution in [0.4, 0.5) is 0 Å². The van der Waals surface area contributed by atoms with Crippen LogP contribution in [0.15, 0.2) is 48.5 Å². The van der Waals surface area contributed by atoms with E-state index in [0.717, 1.165) is 34.6 Å². The minimum atomic E-state index is -2.78. The molecule has 2 aromatic rings. The molecule has 1 aliphatic carbocycles. The number of rotatable bonds is 3. The Morgan fingerprint density at radius 3 is 2.52 bits per heavy atom. The van der Waals surface area contributed by atoms with Gasteiger partial charge in [-0.15, -0.1) is 0 Å². The average Bonchev–Trinajstić information content (AvgIpc) is 2.95. The van der Waals surface area contributed by atoms with Gasteiger partial charge >= 0.3 is 0 Å². The first kappa shape index (κ1) is 18.6. The van der Waals surface area contributed by atoms with Crippen LogP contribution in [0.5, 0.6) is 5.75 Å². The van der Waals surface area contributed by atoms with Crippen LogP contribution in [0.25, 0.3) is 11.4 Å². The summed E-state index contributed by atoms with van der Waals surface area (Å²) in [6, 6.07) is 15.6. The van der Waals surface area contributed by atoms with Crippen molar-refractivity contribution in [3.63, 3.8) is 0 Å². The highest BCUT2D eigenvalue weighted by Gasteiger charge is 2.49. The topological polar surface area (TPSA) is 37.3 Å². The summed E-state index contributed by atoms with van der Waals surface area (Å²) in [6.45, 7) is 6.86. The van der Waals surface area contributed by atoms with E-state index in [2.05, 4.69) is 39.0 Å². The number of hydrogen-bond acceptors (Lipinski definition) is 2. The quantitative estimate of drug-likeness (QED) is 0.630. The van der Waals surface area contributed by atoms with Gasteiger partial charge in [0.15, 0.2) is 0 Å². The Bertz CT molecular complexity index is 913. The van der Waals surface area contributed by atoms with Gasteiger partial charge in [-0.1, -0.05) is 57.5 Å². The Hall–Kier alpha value is -1.79. The molecular formula is C24H29O2P. The smallest absolute Gasteiger partial charge is 0.147 e. The zero-order valence-corrected chi connectivity index (χ0v) is 17.3. The third-order valence-corrected chi connectivity index (χ3v) is 10.3. The van der Waals surface area contributed by atoms with Gasteiger partial charge in [0.25, 0.3) is 0 Å². The number of benzene rings is 2. The highest BCUT2D eigenvalue weighted by atomic mass is 31.2. The van der Waals surface area contributed by atoms with Gasteiger partial charge in [0, 0.05) is 16.3 Å². The average molecular weight is 380 g/mol. The van der Waals surface area contributed by atoms with Crippen LogP contribution in [0.3, 0.4) is 0 Å².